The molecule has 0 aromatic heterocycles. The molecule has 0 saturated heterocycles. The summed E-state index contributed by atoms with van der Waals surface area (Å²) in [5, 5.41) is 10.2. The first-order valence-electron chi connectivity index (χ1n) is 8.33. The van der Waals surface area contributed by atoms with Crippen LogP contribution in [0.3, 0.4) is 0 Å². The predicted octanol–water partition coefficient (Wildman–Crippen LogP) is 3.39. The zero-order chi connectivity index (χ0) is 19.7. The highest BCUT2D eigenvalue weighted by Crippen LogP contribution is 2.38. The van der Waals surface area contributed by atoms with Crippen molar-refractivity contribution in [3.05, 3.63) is 41.1 Å². The number of carbonyl (C=O) groups is 1. The number of halogens is 3. The maximum Gasteiger partial charge on any atom is 0.442 e. The summed E-state index contributed by atoms with van der Waals surface area (Å²) in [4.78, 5) is 12.4. The Morgan fingerprint density at radius 2 is 2.04 bits per heavy atom. The van der Waals surface area contributed by atoms with Crippen molar-refractivity contribution in [2.24, 2.45) is 0 Å². The van der Waals surface area contributed by atoms with Crippen molar-refractivity contribution in [1.29, 1.82) is 0 Å². The van der Waals surface area contributed by atoms with Crippen LogP contribution in [0.25, 0.3) is 0 Å². The molecule has 1 aliphatic heterocycles. The molecule has 26 heavy (non-hydrogen) atoms. The van der Waals surface area contributed by atoms with E-state index in [2.05, 4.69) is 5.43 Å². The lowest BCUT2D eigenvalue weighted by Gasteiger charge is -2.33. The molecule has 5 nitrogen and oxygen atoms in total. The Labute approximate surface area is 150 Å². The van der Waals surface area contributed by atoms with E-state index in [9.17, 15) is 23.1 Å². The molecule has 1 atom stereocenters. The van der Waals surface area contributed by atoms with Gasteiger partial charge in [-0.05, 0) is 42.5 Å². The van der Waals surface area contributed by atoms with Crippen LogP contribution in [0.2, 0.25) is 0 Å². The quantitative estimate of drug-likeness (QED) is 0.832. The molecule has 0 saturated carbocycles. The molecule has 0 unspecified atom stereocenters. The number of amides is 1. The van der Waals surface area contributed by atoms with Gasteiger partial charge in [0.25, 0.3) is 11.6 Å². The number of carbonyl (C=O) groups excluding carboxylic acids is 1. The second kappa shape index (κ2) is 7.19. The normalized spacial score (nSPS) is 20.2. The number of aryl methyl sites for hydroxylation is 1. The fourth-order valence-electron chi connectivity index (χ4n) is 2.66. The Morgan fingerprint density at radius 1 is 1.38 bits per heavy atom. The largest absolute Gasteiger partial charge is 0.483 e. The van der Waals surface area contributed by atoms with E-state index in [0.717, 1.165) is 11.1 Å². The monoisotopic (exact) mass is 372 g/mol. The molecule has 0 aliphatic carbocycles. The molecule has 1 heterocycles. The van der Waals surface area contributed by atoms with Gasteiger partial charge in [0.1, 0.15) is 5.75 Å². The number of benzene rings is 1. The van der Waals surface area contributed by atoms with Gasteiger partial charge < -0.3 is 9.84 Å². The first-order valence-corrected chi connectivity index (χ1v) is 8.33. The smallest absolute Gasteiger partial charge is 0.442 e. The summed E-state index contributed by atoms with van der Waals surface area (Å²) >= 11 is 0. The third kappa shape index (κ3) is 3.80. The molecular weight excluding hydrogens is 349 g/mol. The van der Waals surface area contributed by atoms with Gasteiger partial charge in [-0.1, -0.05) is 32.9 Å². The lowest BCUT2D eigenvalue weighted by atomic mass is 10.0. The number of nitrogens with zero attached hydrogens (tertiary/aromatic N) is 1. The molecule has 2 rings (SSSR count). The fourth-order valence-corrected chi connectivity index (χ4v) is 2.66. The van der Waals surface area contributed by atoms with Crippen LogP contribution < -0.4 is 10.2 Å². The summed E-state index contributed by atoms with van der Waals surface area (Å²) in [6.45, 7) is 6.71. The minimum atomic E-state index is -5.04. The molecule has 1 aromatic rings. The first-order chi connectivity index (χ1) is 12.0. The number of allylic oxidation sites excluding steroid dienone is 1. The zero-order valence-electron chi connectivity index (χ0n) is 15.1. The minimum absolute atomic E-state index is 0.108. The van der Waals surface area contributed by atoms with E-state index in [1.54, 1.807) is 13.0 Å². The van der Waals surface area contributed by atoms with E-state index in [1.165, 1.54) is 0 Å². The predicted molar refractivity (Wildman–Crippen MR) is 90.1 cm³/mol. The summed E-state index contributed by atoms with van der Waals surface area (Å²) in [6, 6.07) is 5.48. The van der Waals surface area contributed by atoms with Crippen LogP contribution in [0.4, 0.5) is 13.2 Å². The molecule has 0 bridgehead atoms. The van der Waals surface area contributed by atoms with Gasteiger partial charge in [-0.25, -0.2) is 5.01 Å². The van der Waals surface area contributed by atoms with Gasteiger partial charge in [0.05, 0.1) is 0 Å². The van der Waals surface area contributed by atoms with E-state index in [-0.39, 0.29) is 23.0 Å². The van der Waals surface area contributed by atoms with E-state index < -0.39 is 24.4 Å². The second-order valence-electron chi connectivity index (χ2n) is 6.57. The summed E-state index contributed by atoms with van der Waals surface area (Å²) in [6.07, 6.45) is -4.23. The minimum Gasteiger partial charge on any atom is -0.483 e. The standard InChI is InChI=1S/C18H23F3N2O3/c1-5-13-9-17(25,18(19,20)21)23(22-13)16(24)10-26-15-8-12(4)6-7-14(15)11(2)3/h6-9,11,22,25H,5,10H2,1-4H3/t17-/m1/s1. The average molecular weight is 372 g/mol. The van der Waals surface area contributed by atoms with Crippen molar-refractivity contribution in [3.8, 4) is 5.75 Å². The lowest BCUT2D eigenvalue weighted by molar-refractivity contribution is -0.289. The van der Waals surface area contributed by atoms with Gasteiger partial charge in [0.2, 0.25) is 0 Å². The molecule has 8 heteroatoms. The Kier molecular flexibility index (Phi) is 5.55. The summed E-state index contributed by atoms with van der Waals surface area (Å²) < 4.78 is 45.3. The van der Waals surface area contributed by atoms with Crippen LogP contribution in [0.5, 0.6) is 5.75 Å². The topological polar surface area (TPSA) is 61.8 Å². The molecule has 1 aromatic carbocycles. The maximum absolute atomic E-state index is 13.3. The number of aliphatic hydroxyl groups is 1. The molecule has 0 radical (unpaired) electrons. The van der Waals surface area contributed by atoms with E-state index in [1.807, 2.05) is 32.9 Å². The highest BCUT2D eigenvalue weighted by molar-refractivity contribution is 5.79. The van der Waals surface area contributed by atoms with E-state index in [4.69, 9.17) is 4.74 Å². The Hall–Kier alpha value is -2.22. The number of ether oxygens (including phenoxy) is 1. The summed E-state index contributed by atoms with van der Waals surface area (Å²) in [5.41, 5.74) is 0.773. The van der Waals surface area contributed by atoms with Gasteiger partial charge in [-0.2, -0.15) is 13.2 Å². The molecule has 1 aliphatic rings. The second-order valence-corrected chi connectivity index (χ2v) is 6.57. The number of hydrogen-bond acceptors (Lipinski definition) is 4. The van der Waals surface area contributed by atoms with Crippen LogP contribution in [-0.2, 0) is 4.79 Å². The zero-order valence-corrected chi connectivity index (χ0v) is 15.1. The maximum atomic E-state index is 13.3. The van der Waals surface area contributed by atoms with E-state index in [0.29, 0.717) is 11.8 Å². The van der Waals surface area contributed by atoms with Crippen molar-refractivity contribution < 1.29 is 27.8 Å². The SMILES string of the molecule is CCC1=C[C@@](O)(C(F)(F)F)N(C(=O)COc2cc(C)ccc2C(C)C)N1. The van der Waals surface area contributed by atoms with Crippen molar-refractivity contribution in [2.75, 3.05) is 6.61 Å². The van der Waals surface area contributed by atoms with Crippen LogP contribution in [0.1, 0.15) is 44.2 Å². The average Bonchev–Trinajstić information content (AvgIpc) is 2.90. The van der Waals surface area contributed by atoms with Crippen LogP contribution in [0.15, 0.2) is 30.0 Å². The summed E-state index contributed by atoms with van der Waals surface area (Å²) in [5.74, 6) is -0.474. The third-order valence-corrected chi connectivity index (χ3v) is 4.16. The van der Waals surface area contributed by atoms with Crippen LogP contribution in [0, 0.1) is 6.92 Å². The molecule has 144 valence electrons. The number of nitrogens with one attached hydrogen (secondary N) is 1. The molecule has 2 N–H and O–H groups in total. The van der Waals surface area contributed by atoms with Gasteiger partial charge in [0, 0.05) is 5.70 Å². The Bertz CT molecular complexity index is 716. The van der Waals surface area contributed by atoms with Crippen molar-refractivity contribution in [1.82, 2.24) is 10.4 Å². The van der Waals surface area contributed by atoms with Gasteiger partial charge in [-0.15, -0.1) is 0 Å². The molecule has 0 spiro atoms. The first kappa shape index (κ1) is 20.1. The lowest BCUT2D eigenvalue weighted by Crippen LogP contribution is -2.61. The van der Waals surface area contributed by atoms with Crippen LogP contribution in [-0.4, -0.2) is 34.5 Å². The number of alkyl halides is 3. The van der Waals surface area contributed by atoms with E-state index >= 15 is 0 Å². The Morgan fingerprint density at radius 3 is 2.58 bits per heavy atom. The Balaban J connectivity index is 2.19. The fraction of sp³-hybridized carbons (Fsp3) is 0.500. The third-order valence-electron chi connectivity index (χ3n) is 4.16. The molecule has 0 fully saturated rings. The van der Waals surface area contributed by atoms with Crippen molar-refractivity contribution >= 4 is 5.91 Å². The summed E-state index contributed by atoms with van der Waals surface area (Å²) in [7, 11) is 0. The van der Waals surface area contributed by atoms with Gasteiger partial charge in [-0.3, -0.25) is 10.2 Å². The molecular formula is C18H23F3N2O3. The van der Waals surface area contributed by atoms with Crippen molar-refractivity contribution in [2.45, 2.75) is 51.9 Å². The highest BCUT2D eigenvalue weighted by atomic mass is 19.4. The molecule has 1 amide bonds. The van der Waals surface area contributed by atoms with Crippen molar-refractivity contribution in [3.63, 3.8) is 0 Å². The van der Waals surface area contributed by atoms with Gasteiger partial charge in [0.15, 0.2) is 6.61 Å². The van der Waals surface area contributed by atoms with Gasteiger partial charge >= 0.3 is 6.18 Å². The number of hydrogen-bond donors (Lipinski definition) is 2. The number of hydrazine groups is 1. The highest BCUT2D eigenvalue weighted by Gasteiger charge is 2.61. The van der Waals surface area contributed by atoms with Crippen LogP contribution >= 0.6 is 0 Å². The number of rotatable bonds is 5.